The van der Waals surface area contributed by atoms with Gasteiger partial charge in [0.25, 0.3) is 0 Å². The number of carbonyl (C=O) groups is 2. The van der Waals surface area contributed by atoms with E-state index in [4.69, 9.17) is 0 Å². The van der Waals surface area contributed by atoms with Crippen molar-refractivity contribution in [1.29, 1.82) is 0 Å². The van der Waals surface area contributed by atoms with E-state index in [9.17, 15) is 13.8 Å². The van der Waals surface area contributed by atoms with Crippen LogP contribution >= 0.6 is 0 Å². The van der Waals surface area contributed by atoms with Crippen molar-refractivity contribution >= 4 is 33.7 Å². The molecule has 5 nitrogen and oxygen atoms in total. The van der Waals surface area contributed by atoms with E-state index in [1.165, 1.54) is 0 Å². The molecule has 2 atom stereocenters. The minimum Gasteiger partial charge on any atom is -0.378 e. The molecule has 2 rings (SSSR count). The van der Waals surface area contributed by atoms with Gasteiger partial charge in [0.15, 0.2) is 11.6 Å². The monoisotopic (exact) mass is 400 g/mol. The quantitative estimate of drug-likeness (QED) is 0.636. The van der Waals surface area contributed by atoms with Crippen LogP contribution in [-0.2, 0) is 10.8 Å². The lowest BCUT2D eigenvalue weighted by Crippen LogP contribution is -2.33. The molecule has 0 radical (unpaired) electrons. The van der Waals surface area contributed by atoms with E-state index in [0.717, 1.165) is 11.4 Å². The highest BCUT2D eigenvalue weighted by molar-refractivity contribution is 7.87. The Bertz CT molecular complexity index is 787. The molecule has 2 aromatic carbocycles. The fourth-order valence-electron chi connectivity index (χ4n) is 2.83. The number of benzene rings is 2. The van der Waals surface area contributed by atoms with Crippen molar-refractivity contribution in [3.05, 3.63) is 59.7 Å². The van der Waals surface area contributed by atoms with Crippen molar-refractivity contribution in [1.82, 2.24) is 0 Å². The normalized spacial score (nSPS) is 14.1. The highest BCUT2D eigenvalue weighted by Crippen LogP contribution is 2.19. The van der Waals surface area contributed by atoms with Crippen LogP contribution in [0.15, 0.2) is 48.5 Å². The third-order valence-corrected chi connectivity index (χ3v) is 6.59. The number of carbonyl (C=O) groups excluding carboxylic acids is 2. The highest BCUT2D eigenvalue weighted by atomic mass is 32.2. The van der Waals surface area contributed by atoms with Crippen LogP contribution in [0.1, 0.15) is 34.6 Å². The van der Waals surface area contributed by atoms with Gasteiger partial charge in [-0.25, -0.2) is 0 Å². The van der Waals surface area contributed by atoms with E-state index in [2.05, 4.69) is 0 Å². The predicted octanol–water partition coefficient (Wildman–Crippen LogP) is 3.41. The van der Waals surface area contributed by atoms with E-state index >= 15 is 0 Å². The van der Waals surface area contributed by atoms with Crippen molar-refractivity contribution in [2.24, 2.45) is 0 Å². The van der Waals surface area contributed by atoms with E-state index in [1.54, 1.807) is 38.1 Å². The van der Waals surface area contributed by atoms with Gasteiger partial charge in [-0.05, 0) is 62.4 Å². The first-order valence-corrected chi connectivity index (χ1v) is 10.4. The number of Topliss-reactive ketones (excluding diaryl/α,β-unsaturated/α-hetero) is 2. The molecular formula is C22H28N2O3S. The Morgan fingerprint density at radius 3 is 1.21 bits per heavy atom. The van der Waals surface area contributed by atoms with Crippen LogP contribution in [0.2, 0.25) is 0 Å². The number of nitrogens with zero attached hydrogens (tertiary/aromatic N) is 2. The van der Waals surface area contributed by atoms with Gasteiger partial charge in [0.2, 0.25) is 0 Å². The van der Waals surface area contributed by atoms with Crippen molar-refractivity contribution in [2.75, 3.05) is 38.0 Å². The summed E-state index contributed by atoms with van der Waals surface area (Å²) in [5.74, 6) is -0.433. The second-order valence-corrected chi connectivity index (χ2v) is 9.30. The molecule has 0 aliphatic rings. The molecule has 0 heterocycles. The molecule has 6 heteroatoms. The van der Waals surface area contributed by atoms with Gasteiger partial charge in [0.05, 0.1) is 10.5 Å². The zero-order valence-electron chi connectivity index (χ0n) is 17.3. The average Bonchev–Trinajstić information content (AvgIpc) is 2.71. The van der Waals surface area contributed by atoms with E-state index in [1.807, 2.05) is 62.3 Å². The maximum absolute atomic E-state index is 12.9. The van der Waals surface area contributed by atoms with Gasteiger partial charge in [0.1, 0.15) is 0 Å². The molecule has 0 aliphatic heterocycles. The van der Waals surface area contributed by atoms with Gasteiger partial charge in [-0.3, -0.25) is 13.8 Å². The number of hydrogen-bond donors (Lipinski definition) is 0. The molecule has 28 heavy (non-hydrogen) atoms. The Labute approximate surface area is 169 Å². The van der Waals surface area contributed by atoms with Crippen molar-refractivity contribution < 1.29 is 13.8 Å². The second-order valence-electron chi connectivity index (χ2n) is 7.22. The first-order valence-electron chi connectivity index (χ1n) is 9.16. The van der Waals surface area contributed by atoms with Crippen molar-refractivity contribution in [2.45, 2.75) is 24.3 Å². The summed E-state index contributed by atoms with van der Waals surface area (Å²) in [6.45, 7) is 3.24. The largest absolute Gasteiger partial charge is 0.378 e. The van der Waals surface area contributed by atoms with Crippen LogP contribution in [0.4, 0.5) is 11.4 Å². The number of ketones is 2. The first kappa shape index (κ1) is 21.8. The van der Waals surface area contributed by atoms with Gasteiger partial charge in [-0.2, -0.15) is 0 Å². The Morgan fingerprint density at radius 2 is 0.964 bits per heavy atom. The van der Waals surface area contributed by atoms with Crippen molar-refractivity contribution in [3.8, 4) is 0 Å². The zero-order chi connectivity index (χ0) is 21.0. The summed E-state index contributed by atoms with van der Waals surface area (Å²) in [5, 5.41) is -1.52. The number of anilines is 2. The summed E-state index contributed by atoms with van der Waals surface area (Å²) in [7, 11) is 6.08. The third-order valence-electron chi connectivity index (χ3n) is 4.77. The summed E-state index contributed by atoms with van der Waals surface area (Å²) < 4.78 is 12.9. The summed E-state index contributed by atoms with van der Waals surface area (Å²) in [6.07, 6.45) is 0. The molecule has 0 bridgehead atoms. The Kier molecular flexibility index (Phi) is 7.13. The standard InChI is InChI=1S/C22H28N2O3S/c1-15(21(25)17-7-11-19(12-8-17)23(3)4)28(27)16(2)22(26)18-9-13-20(14-10-18)24(5)6/h7-16H,1-6H3. The molecule has 0 amide bonds. The lowest BCUT2D eigenvalue weighted by Gasteiger charge is -2.17. The van der Waals surface area contributed by atoms with Crippen LogP contribution in [-0.4, -0.2) is 54.5 Å². The maximum atomic E-state index is 12.9. The van der Waals surface area contributed by atoms with E-state index in [-0.39, 0.29) is 11.6 Å². The summed E-state index contributed by atoms with van der Waals surface area (Å²) in [6, 6.07) is 14.3. The van der Waals surface area contributed by atoms with Gasteiger partial charge in [-0.1, -0.05) is 0 Å². The van der Waals surface area contributed by atoms with Gasteiger partial charge >= 0.3 is 0 Å². The molecule has 0 aliphatic carbocycles. The fraction of sp³-hybridized carbons (Fsp3) is 0.364. The van der Waals surface area contributed by atoms with E-state index < -0.39 is 21.3 Å². The van der Waals surface area contributed by atoms with Crippen molar-refractivity contribution in [3.63, 3.8) is 0 Å². The Hall–Kier alpha value is -2.47. The molecule has 0 aromatic heterocycles. The maximum Gasteiger partial charge on any atom is 0.178 e. The third kappa shape index (κ3) is 4.87. The smallest absolute Gasteiger partial charge is 0.178 e. The van der Waals surface area contributed by atoms with Gasteiger partial charge < -0.3 is 9.80 Å². The number of rotatable bonds is 8. The predicted molar refractivity (Wildman–Crippen MR) is 117 cm³/mol. The minimum atomic E-state index is -1.62. The first-order chi connectivity index (χ1) is 13.1. The highest BCUT2D eigenvalue weighted by Gasteiger charge is 2.30. The summed E-state index contributed by atoms with van der Waals surface area (Å²) in [4.78, 5) is 29.3. The van der Waals surface area contributed by atoms with Crippen LogP contribution in [0.25, 0.3) is 0 Å². The van der Waals surface area contributed by atoms with Crippen LogP contribution in [0.5, 0.6) is 0 Å². The molecule has 150 valence electrons. The van der Waals surface area contributed by atoms with Gasteiger partial charge in [-0.15, -0.1) is 0 Å². The Balaban J connectivity index is 2.12. The zero-order valence-corrected chi connectivity index (χ0v) is 18.1. The fourth-order valence-corrected chi connectivity index (χ4v) is 4.14. The Morgan fingerprint density at radius 1 is 0.679 bits per heavy atom. The van der Waals surface area contributed by atoms with Crippen LogP contribution < -0.4 is 9.80 Å². The molecule has 0 spiro atoms. The molecule has 2 unspecified atom stereocenters. The molecule has 0 saturated carbocycles. The lowest BCUT2D eigenvalue weighted by molar-refractivity contribution is 0.0990. The number of hydrogen-bond acceptors (Lipinski definition) is 5. The molecule has 0 N–H and O–H groups in total. The second kappa shape index (κ2) is 9.15. The van der Waals surface area contributed by atoms with Crippen LogP contribution in [0, 0.1) is 0 Å². The lowest BCUT2D eigenvalue weighted by atomic mass is 10.1. The molecule has 0 saturated heterocycles. The minimum absolute atomic E-state index is 0.216. The topological polar surface area (TPSA) is 57.7 Å². The van der Waals surface area contributed by atoms with Gasteiger partial charge in [0, 0.05) is 61.5 Å². The molecule has 2 aromatic rings. The van der Waals surface area contributed by atoms with E-state index in [0.29, 0.717) is 11.1 Å². The summed E-state index contributed by atoms with van der Waals surface area (Å²) >= 11 is 0. The van der Waals surface area contributed by atoms with Crippen LogP contribution in [0.3, 0.4) is 0 Å². The summed E-state index contributed by atoms with van der Waals surface area (Å²) in [5.41, 5.74) is 2.97. The molecule has 0 fully saturated rings. The SMILES string of the molecule is CC(C(=O)c1ccc(N(C)C)cc1)S(=O)C(C)C(=O)c1ccc(N(C)C)cc1. The average molecular weight is 401 g/mol. The molecular weight excluding hydrogens is 372 g/mol.